The van der Waals surface area contributed by atoms with Gasteiger partial charge in [-0.2, -0.15) is 5.10 Å². The largest absolute Gasteiger partial charge is 0.395 e. The molecule has 5 nitrogen and oxygen atoms in total. The van der Waals surface area contributed by atoms with Gasteiger partial charge in [0.2, 0.25) is 0 Å². The van der Waals surface area contributed by atoms with Gasteiger partial charge in [0.1, 0.15) is 0 Å². The lowest BCUT2D eigenvalue weighted by molar-refractivity contribution is 0.251. The first kappa shape index (κ1) is 15.4. The Morgan fingerprint density at radius 1 is 1.17 bits per heavy atom. The summed E-state index contributed by atoms with van der Waals surface area (Å²) in [5, 5.41) is 17.2. The molecule has 1 unspecified atom stereocenters. The van der Waals surface area contributed by atoms with Crippen LogP contribution in [0.1, 0.15) is 12.5 Å². The van der Waals surface area contributed by atoms with Crippen LogP contribution in [0.15, 0.2) is 61.1 Å². The molecule has 1 aromatic carbocycles. The summed E-state index contributed by atoms with van der Waals surface area (Å²) in [6, 6.07) is 14.0. The van der Waals surface area contributed by atoms with Crippen LogP contribution >= 0.6 is 0 Å². The highest BCUT2D eigenvalue weighted by Crippen LogP contribution is 2.23. The third-order valence-electron chi connectivity index (χ3n) is 3.66. The summed E-state index contributed by atoms with van der Waals surface area (Å²) in [5.41, 5.74) is 3.97. The summed E-state index contributed by atoms with van der Waals surface area (Å²) in [4.78, 5) is 4.19. The molecule has 3 rings (SSSR count). The number of para-hydroxylation sites is 1. The van der Waals surface area contributed by atoms with Crippen LogP contribution < -0.4 is 5.32 Å². The first-order chi connectivity index (χ1) is 11.3. The summed E-state index contributed by atoms with van der Waals surface area (Å²) in [6.45, 7) is 2.69. The zero-order valence-electron chi connectivity index (χ0n) is 13.1. The van der Waals surface area contributed by atoms with Gasteiger partial charge in [0.15, 0.2) is 0 Å². The molecule has 0 saturated heterocycles. The molecule has 0 aliphatic carbocycles. The molecule has 0 aliphatic rings. The van der Waals surface area contributed by atoms with Crippen molar-refractivity contribution in [2.24, 2.45) is 0 Å². The molecule has 0 saturated carbocycles. The van der Waals surface area contributed by atoms with Crippen molar-refractivity contribution in [3.05, 3.63) is 66.6 Å². The van der Waals surface area contributed by atoms with E-state index in [1.807, 2.05) is 66.5 Å². The van der Waals surface area contributed by atoms with Crippen LogP contribution in [0, 0.1) is 0 Å². The summed E-state index contributed by atoms with van der Waals surface area (Å²) < 4.78 is 1.88. The number of rotatable bonds is 6. The molecular formula is C18H20N4O. The Morgan fingerprint density at radius 3 is 2.70 bits per heavy atom. The van der Waals surface area contributed by atoms with Crippen molar-refractivity contribution in [2.45, 2.75) is 19.5 Å². The van der Waals surface area contributed by atoms with Crippen molar-refractivity contribution in [3.8, 4) is 16.9 Å². The van der Waals surface area contributed by atoms with Gasteiger partial charge in [-0.1, -0.05) is 18.2 Å². The molecule has 0 fully saturated rings. The molecular weight excluding hydrogens is 288 g/mol. The number of nitrogens with zero attached hydrogens (tertiary/aromatic N) is 3. The van der Waals surface area contributed by atoms with Gasteiger partial charge in [-0.3, -0.25) is 4.98 Å². The molecule has 23 heavy (non-hydrogen) atoms. The molecule has 2 aromatic heterocycles. The molecule has 3 aromatic rings. The van der Waals surface area contributed by atoms with E-state index in [1.165, 1.54) is 0 Å². The molecule has 1 atom stereocenters. The summed E-state index contributed by atoms with van der Waals surface area (Å²) in [5.74, 6) is 0. The zero-order chi connectivity index (χ0) is 16.1. The third kappa shape index (κ3) is 3.64. The number of aliphatic hydroxyl groups is 1. The van der Waals surface area contributed by atoms with E-state index in [9.17, 15) is 5.11 Å². The highest BCUT2D eigenvalue weighted by Gasteiger charge is 2.13. The average molecular weight is 308 g/mol. The molecule has 2 N–H and O–H groups in total. The van der Waals surface area contributed by atoms with Crippen molar-refractivity contribution in [1.82, 2.24) is 20.1 Å². The molecule has 0 aliphatic heterocycles. The van der Waals surface area contributed by atoms with E-state index in [1.54, 1.807) is 6.20 Å². The van der Waals surface area contributed by atoms with Crippen LogP contribution in [0.4, 0.5) is 0 Å². The monoisotopic (exact) mass is 308 g/mol. The van der Waals surface area contributed by atoms with Crippen molar-refractivity contribution in [2.75, 3.05) is 6.61 Å². The van der Waals surface area contributed by atoms with Crippen molar-refractivity contribution in [3.63, 3.8) is 0 Å². The summed E-state index contributed by atoms with van der Waals surface area (Å²) >= 11 is 0. The van der Waals surface area contributed by atoms with Crippen LogP contribution in [0.3, 0.4) is 0 Å². The number of benzene rings is 1. The molecule has 0 radical (unpaired) electrons. The van der Waals surface area contributed by atoms with Crippen LogP contribution in [0.25, 0.3) is 16.9 Å². The molecule has 0 spiro atoms. The Morgan fingerprint density at radius 2 is 2.00 bits per heavy atom. The van der Waals surface area contributed by atoms with E-state index in [2.05, 4.69) is 10.3 Å². The molecule has 0 bridgehead atoms. The first-order valence-corrected chi connectivity index (χ1v) is 7.66. The fraction of sp³-hybridized carbons (Fsp3) is 0.222. The maximum atomic E-state index is 9.19. The van der Waals surface area contributed by atoms with E-state index < -0.39 is 0 Å². The third-order valence-corrected chi connectivity index (χ3v) is 3.66. The van der Waals surface area contributed by atoms with Crippen LogP contribution in [-0.2, 0) is 6.54 Å². The number of pyridine rings is 1. The highest BCUT2D eigenvalue weighted by molar-refractivity contribution is 5.62. The number of hydrogen-bond acceptors (Lipinski definition) is 4. The Labute approximate surface area is 135 Å². The quantitative estimate of drug-likeness (QED) is 0.734. The Hall–Kier alpha value is -2.50. The summed E-state index contributed by atoms with van der Waals surface area (Å²) in [6.07, 6.45) is 5.59. The second kappa shape index (κ2) is 7.17. The lowest BCUT2D eigenvalue weighted by Gasteiger charge is -2.10. The normalized spacial score (nSPS) is 12.3. The minimum atomic E-state index is 0.0387. The van der Waals surface area contributed by atoms with Crippen LogP contribution in [0.5, 0.6) is 0 Å². The van der Waals surface area contributed by atoms with E-state index in [-0.39, 0.29) is 12.6 Å². The SMILES string of the molecule is CC(CO)NCc1cn(-c2ccccc2)nc1-c1cccnc1. The number of aliphatic hydroxyl groups excluding tert-OH is 1. The predicted molar refractivity (Wildman–Crippen MR) is 90.2 cm³/mol. The van der Waals surface area contributed by atoms with E-state index in [4.69, 9.17) is 5.10 Å². The Bertz CT molecular complexity index is 740. The maximum absolute atomic E-state index is 9.19. The number of hydrogen-bond donors (Lipinski definition) is 2. The average Bonchev–Trinajstić information content (AvgIpc) is 3.05. The molecule has 5 heteroatoms. The highest BCUT2D eigenvalue weighted by atomic mass is 16.3. The van der Waals surface area contributed by atoms with Crippen LogP contribution in [-0.4, -0.2) is 32.5 Å². The minimum Gasteiger partial charge on any atom is -0.395 e. The van der Waals surface area contributed by atoms with E-state index in [0.29, 0.717) is 6.54 Å². The van der Waals surface area contributed by atoms with Gasteiger partial charge < -0.3 is 10.4 Å². The Kier molecular flexibility index (Phi) is 4.80. The zero-order valence-corrected chi connectivity index (χ0v) is 13.1. The van der Waals surface area contributed by atoms with Crippen molar-refractivity contribution in [1.29, 1.82) is 0 Å². The topological polar surface area (TPSA) is 63.0 Å². The van der Waals surface area contributed by atoms with E-state index >= 15 is 0 Å². The van der Waals surface area contributed by atoms with Gasteiger partial charge in [0.25, 0.3) is 0 Å². The van der Waals surface area contributed by atoms with Gasteiger partial charge in [0.05, 0.1) is 18.0 Å². The van der Waals surface area contributed by atoms with Gasteiger partial charge in [-0.05, 0) is 31.2 Å². The first-order valence-electron chi connectivity index (χ1n) is 7.66. The number of aromatic nitrogens is 3. The smallest absolute Gasteiger partial charge is 0.0988 e. The standard InChI is InChI=1S/C18H20N4O/c1-14(13-23)20-11-16-12-22(17-7-3-2-4-8-17)21-18(16)15-6-5-9-19-10-15/h2-10,12,14,20,23H,11,13H2,1H3. The second-order valence-electron chi connectivity index (χ2n) is 5.49. The fourth-order valence-corrected chi connectivity index (χ4v) is 2.35. The Balaban J connectivity index is 1.97. The second-order valence-corrected chi connectivity index (χ2v) is 5.49. The van der Waals surface area contributed by atoms with E-state index in [0.717, 1.165) is 22.5 Å². The number of nitrogens with one attached hydrogen (secondary N) is 1. The van der Waals surface area contributed by atoms with Gasteiger partial charge in [0, 0.05) is 42.3 Å². The predicted octanol–water partition coefficient (Wildman–Crippen LogP) is 2.40. The minimum absolute atomic E-state index is 0.0387. The van der Waals surface area contributed by atoms with Crippen molar-refractivity contribution < 1.29 is 5.11 Å². The van der Waals surface area contributed by atoms with Gasteiger partial charge in [-0.25, -0.2) is 4.68 Å². The lowest BCUT2D eigenvalue weighted by atomic mass is 10.1. The maximum Gasteiger partial charge on any atom is 0.0988 e. The summed E-state index contributed by atoms with van der Waals surface area (Å²) in [7, 11) is 0. The fourth-order valence-electron chi connectivity index (χ4n) is 2.35. The molecule has 0 amide bonds. The lowest BCUT2D eigenvalue weighted by Crippen LogP contribution is -2.28. The molecule has 2 heterocycles. The van der Waals surface area contributed by atoms with Gasteiger partial charge >= 0.3 is 0 Å². The van der Waals surface area contributed by atoms with Crippen molar-refractivity contribution >= 4 is 0 Å². The molecule has 118 valence electrons. The van der Waals surface area contributed by atoms with Crippen LogP contribution in [0.2, 0.25) is 0 Å². The van der Waals surface area contributed by atoms with Gasteiger partial charge in [-0.15, -0.1) is 0 Å².